The molecule has 0 radical (unpaired) electrons. The Bertz CT molecular complexity index is 1910. The fraction of sp³-hybridized carbons (Fsp3) is 0.200. The lowest BCUT2D eigenvalue weighted by atomic mass is 9.12. The first-order valence-corrected chi connectivity index (χ1v) is 16.8. The molecular formula is C30H15BF19OSi-. The number of halogens is 19. The van der Waals surface area contributed by atoms with Crippen molar-refractivity contribution in [2.24, 2.45) is 0 Å². The van der Waals surface area contributed by atoms with Crippen LogP contribution in [-0.4, -0.2) is 14.5 Å². The monoisotopic (exact) mass is 791 g/mol. The summed E-state index contributed by atoms with van der Waals surface area (Å²) >= 11 is 0. The summed E-state index contributed by atoms with van der Waals surface area (Å²) in [6.07, 6.45) is -7.16. The molecule has 0 fully saturated rings. The first kappa shape index (κ1) is 40.4. The van der Waals surface area contributed by atoms with Gasteiger partial charge in [0.2, 0.25) is 0 Å². The first-order chi connectivity index (χ1) is 23.6. The Hall–Kier alpha value is -4.37. The van der Waals surface area contributed by atoms with E-state index in [2.05, 4.69) is 0 Å². The zero-order valence-electron chi connectivity index (χ0n) is 26.2. The van der Waals surface area contributed by atoms with Crippen molar-refractivity contribution in [3.8, 4) is 5.75 Å². The molecule has 0 spiro atoms. The number of hydrogen-bond acceptors (Lipinski definition) is 1. The van der Waals surface area contributed by atoms with E-state index in [0.29, 0.717) is 0 Å². The normalized spacial score (nSPS) is 12.6. The molecule has 22 heteroatoms. The predicted molar refractivity (Wildman–Crippen MR) is 147 cm³/mol. The highest BCUT2D eigenvalue weighted by molar-refractivity contribution is 7.20. The fourth-order valence-electron chi connectivity index (χ4n) is 5.38. The third-order valence-electron chi connectivity index (χ3n) is 8.88. The van der Waals surface area contributed by atoms with Gasteiger partial charge in [-0.15, -0.1) is 21.9 Å². The van der Waals surface area contributed by atoms with Crippen molar-refractivity contribution in [3.63, 3.8) is 0 Å². The SMILES string of the molecule is CC(C)(C)[Si](C)(C)Oc1c(F)c(F)c([B-](c2c(F)c(F)c(F)c(F)c2F)(c2c(F)c(F)c(F)c(F)c2F)c2c(F)c(F)c(F)c(F)c2F)c(F)c1F. The largest absolute Gasteiger partial charge is 0.539 e. The maximum Gasteiger partial charge on any atom is 0.250 e. The molecule has 0 amide bonds. The topological polar surface area (TPSA) is 9.23 Å². The lowest BCUT2D eigenvalue weighted by molar-refractivity contribution is 0.378. The summed E-state index contributed by atoms with van der Waals surface area (Å²) in [5, 5.41) is -1.13. The van der Waals surface area contributed by atoms with E-state index in [0.717, 1.165) is 13.1 Å². The Labute approximate surface area is 279 Å². The van der Waals surface area contributed by atoms with Crippen LogP contribution >= 0.6 is 0 Å². The molecule has 0 aromatic heterocycles. The average Bonchev–Trinajstić information content (AvgIpc) is 3.06. The Morgan fingerprint density at radius 2 is 0.500 bits per heavy atom. The second-order valence-corrected chi connectivity index (χ2v) is 17.4. The van der Waals surface area contributed by atoms with Gasteiger partial charge in [0.1, 0.15) is 52.7 Å². The molecule has 0 heterocycles. The van der Waals surface area contributed by atoms with Crippen LogP contribution in [0.2, 0.25) is 18.1 Å². The Morgan fingerprint density at radius 1 is 0.327 bits per heavy atom. The fourth-order valence-corrected chi connectivity index (χ4v) is 6.37. The van der Waals surface area contributed by atoms with E-state index in [1.165, 1.54) is 20.8 Å². The van der Waals surface area contributed by atoms with Gasteiger partial charge in [-0.25, -0.2) is 74.6 Å². The maximum absolute atomic E-state index is 16.4. The van der Waals surface area contributed by atoms with Gasteiger partial charge < -0.3 is 4.43 Å². The highest BCUT2D eigenvalue weighted by atomic mass is 28.4. The van der Waals surface area contributed by atoms with Crippen molar-refractivity contribution >= 4 is 36.3 Å². The van der Waals surface area contributed by atoms with E-state index < -0.39 is 158 Å². The van der Waals surface area contributed by atoms with Gasteiger partial charge in [-0.05, 0) is 18.1 Å². The molecule has 0 N–H and O–H groups in total. The molecular weight excluding hydrogens is 776 g/mol. The molecule has 0 saturated carbocycles. The third kappa shape index (κ3) is 5.41. The van der Waals surface area contributed by atoms with Crippen LogP contribution in [0.3, 0.4) is 0 Å². The summed E-state index contributed by atoms with van der Waals surface area (Å²) in [6, 6.07) is 0. The zero-order chi connectivity index (χ0) is 40.1. The van der Waals surface area contributed by atoms with Crippen LogP contribution in [0.4, 0.5) is 83.4 Å². The zero-order valence-corrected chi connectivity index (χ0v) is 27.2. The average molecular weight is 791 g/mol. The molecule has 52 heavy (non-hydrogen) atoms. The Morgan fingerprint density at radius 3 is 0.692 bits per heavy atom. The van der Waals surface area contributed by atoms with Gasteiger partial charge in [0.05, 0.1) is 0 Å². The van der Waals surface area contributed by atoms with E-state index in [9.17, 15) is 39.5 Å². The van der Waals surface area contributed by atoms with E-state index in [4.69, 9.17) is 4.43 Å². The molecule has 4 aromatic rings. The highest BCUT2D eigenvalue weighted by Crippen LogP contribution is 2.40. The van der Waals surface area contributed by atoms with Crippen molar-refractivity contribution in [2.45, 2.75) is 38.9 Å². The molecule has 0 bridgehead atoms. The molecule has 0 aliphatic carbocycles. The van der Waals surface area contributed by atoms with Crippen molar-refractivity contribution in [1.82, 2.24) is 0 Å². The molecule has 0 unspecified atom stereocenters. The minimum atomic E-state index is -7.16. The van der Waals surface area contributed by atoms with E-state index in [-0.39, 0.29) is 0 Å². The second-order valence-electron chi connectivity index (χ2n) is 12.7. The smallest absolute Gasteiger partial charge is 0.250 e. The summed E-state index contributed by atoms with van der Waals surface area (Å²) in [5.41, 5.74) is -13.9. The van der Waals surface area contributed by atoms with Gasteiger partial charge >= 0.3 is 0 Å². The highest BCUT2D eigenvalue weighted by Gasteiger charge is 2.53. The van der Waals surface area contributed by atoms with Gasteiger partial charge in [-0.2, -0.15) is 8.78 Å². The van der Waals surface area contributed by atoms with E-state index >= 15 is 43.9 Å². The number of hydrogen-bond donors (Lipinski definition) is 0. The maximum atomic E-state index is 16.4. The molecule has 1 nitrogen and oxygen atoms in total. The van der Waals surface area contributed by atoms with Crippen LogP contribution in [-0.2, 0) is 0 Å². The van der Waals surface area contributed by atoms with Gasteiger partial charge in [-0.1, -0.05) is 20.8 Å². The van der Waals surface area contributed by atoms with Crippen molar-refractivity contribution < 1.29 is 87.8 Å². The molecule has 4 rings (SSSR count). The number of rotatable bonds is 6. The molecule has 0 aliphatic heterocycles. The van der Waals surface area contributed by atoms with Crippen molar-refractivity contribution in [2.75, 3.05) is 0 Å². The third-order valence-corrected chi connectivity index (χ3v) is 13.2. The van der Waals surface area contributed by atoms with Gasteiger partial charge in [0, 0.05) is 0 Å². The van der Waals surface area contributed by atoms with Crippen LogP contribution in [0, 0.1) is 111 Å². The van der Waals surface area contributed by atoms with Crippen LogP contribution in [0.1, 0.15) is 20.8 Å². The lowest BCUT2D eigenvalue weighted by Crippen LogP contribution is -2.81. The summed E-state index contributed by atoms with van der Waals surface area (Å²) in [4.78, 5) is 0. The van der Waals surface area contributed by atoms with Crippen LogP contribution < -0.4 is 26.3 Å². The van der Waals surface area contributed by atoms with Crippen molar-refractivity contribution in [1.29, 1.82) is 0 Å². The molecule has 282 valence electrons. The standard InChI is InChI=1S/C30H15BF19OSi/c1-30(2,3)52(4,5)51-29-27(49)16(38)9(17(39)28(29)50)31(6-10(32)18(40)24(46)19(41)11(6)33,7-12(34)20(42)25(47)21(43)13(7)35)8-14(36)22(44)26(48)23(45)15(8)37/h1-5H3/q-1. The lowest BCUT2D eigenvalue weighted by Gasteiger charge is -2.45. The summed E-state index contributed by atoms with van der Waals surface area (Å²) < 4.78 is 296. The molecule has 0 aliphatic rings. The van der Waals surface area contributed by atoms with Gasteiger partial charge in [0.15, 0.2) is 69.7 Å². The predicted octanol–water partition coefficient (Wildman–Crippen LogP) is 8.09. The Balaban J connectivity index is 2.60. The van der Waals surface area contributed by atoms with Crippen LogP contribution in [0.25, 0.3) is 0 Å². The first-order valence-electron chi connectivity index (χ1n) is 13.9. The Kier molecular flexibility index (Phi) is 10.1. The van der Waals surface area contributed by atoms with Crippen LogP contribution in [0.5, 0.6) is 5.75 Å². The summed E-state index contributed by atoms with van der Waals surface area (Å²) in [7, 11) is -3.72. The molecule has 0 saturated heterocycles. The molecule has 4 aromatic carbocycles. The summed E-state index contributed by atoms with van der Waals surface area (Å²) in [5.74, 6) is -67.7. The van der Waals surface area contributed by atoms with Gasteiger partial charge in [-0.3, -0.25) is 0 Å². The second kappa shape index (κ2) is 12.9. The minimum absolute atomic E-state index is 1.13. The van der Waals surface area contributed by atoms with E-state index in [1.54, 1.807) is 0 Å². The molecule has 0 atom stereocenters. The van der Waals surface area contributed by atoms with Crippen LogP contribution in [0.15, 0.2) is 0 Å². The number of benzene rings is 4. The van der Waals surface area contributed by atoms with Gasteiger partial charge in [0.25, 0.3) is 8.32 Å². The minimum Gasteiger partial charge on any atom is -0.539 e. The summed E-state index contributed by atoms with van der Waals surface area (Å²) in [6.45, 7) is 6.39. The van der Waals surface area contributed by atoms with Crippen molar-refractivity contribution in [3.05, 3.63) is 111 Å². The quantitative estimate of drug-likeness (QED) is 0.0832. The van der Waals surface area contributed by atoms with E-state index in [1.807, 2.05) is 0 Å².